The maximum absolute atomic E-state index is 5.32. The fourth-order valence-electron chi connectivity index (χ4n) is 5.07. The maximum atomic E-state index is 5.32. The van der Waals surface area contributed by atoms with Crippen LogP contribution in [0.2, 0.25) is 0 Å². The highest BCUT2D eigenvalue weighted by Crippen LogP contribution is 2.40. The van der Waals surface area contributed by atoms with E-state index in [4.69, 9.17) is 4.74 Å². The van der Waals surface area contributed by atoms with E-state index in [-0.39, 0.29) is 0 Å². The average Bonchev–Trinajstić information content (AvgIpc) is 3.02. The third-order valence-electron chi connectivity index (χ3n) is 7.17. The van der Waals surface area contributed by atoms with Crippen molar-refractivity contribution >= 4 is 39.2 Å². The van der Waals surface area contributed by atoms with Crippen LogP contribution in [0.5, 0.6) is 5.75 Å². The van der Waals surface area contributed by atoms with Gasteiger partial charge in [-0.05, 0) is 83.2 Å². The number of nitrogens with zero attached hydrogens (tertiary/aromatic N) is 2. The van der Waals surface area contributed by atoms with Crippen LogP contribution in [0.3, 0.4) is 0 Å². The van der Waals surface area contributed by atoms with Crippen LogP contribution in [0.4, 0.5) is 28.4 Å². The molecular weight excluding hydrogens is 476 g/mol. The lowest BCUT2D eigenvalue weighted by molar-refractivity contribution is 0.415. The van der Waals surface area contributed by atoms with E-state index in [2.05, 4.69) is 150 Å². The molecule has 0 aromatic heterocycles. The number of benzene rings is 6. The molecule has 0 fully saturated rings. The van der Waals surface area contributed by atoms with Gasteiger partial charge in [0.1, 0.15) is 5.75 Å². The largest absolute Gasteiger partial charge is 0.497 e. The third kappa shape index (κ3) is 4.95. The van der Waals surface area contributed by atoms with Crippen molar-refractivity contribution in [2.24, 2.45) is 0 Å². The molecule has 3 heteroatoms. The van der Waals surface area contributed by atoms with Crippen molar-refractivity contribution in [1.29, 1.82) is 0 Å². The number of rotatable bonds is 7. The van der Waals surface area contributed by atoms with Gasteiger partial charge in [0.2, 0.25) is 0 Å². The summed E-state index contributed by atoms with van der Waals surface area (Å²) in [5.74, 6) is 0.853. The molecule has 0 atom stereocenters. The van der Waals surface area contributed by atoms with Crippen molar-refractivity contribution < 1.29 is 4.74 Å². The van der Waals surface area contributed by atoms with Crippen molar-refractivity contribution in [2.45, 2.75) is 0 Å². The van der Waals surface area contributed by atoms with Gasteiger partial charge >= 0.3 is 0 Å². The van der Waals surface area contributed by atoms with Crippen molar-refractivity contribution in [3.63, 3.8) is 0 Å². The first kappa shape index (κ1) is 24.3. The Labute approximate surface area is 230 Å². The second kappa shape index (κ2) is 10.8. The van der Waals surface area contributed by atoms with Gasteiger partial charge in [-0.2, -0.15) is 0 Å². The zero-order valence-corrected chi connectivity index (χ0v) is 22.2. The molecule has 190 valence electrons. The second-order valence-electron chi connectivity index (χ2n) is 9.52. The molecule has 0 radical (unpaired) electrons. The predicted molar refractivity (Wildman–Crippen MR) is 165 cm³/mol. The van der Waals surface area contributed by atoms with Crippen molar-refractivity contribution in [3.8, 4) is 16.9 Å². The maximum Gasteiger partial charge on any atom is 0.119 e. The molecule has 0 heterocycles. The molecule has 0 bridgehead atoms. The molecule has 6 aromatic rings. The van der Waals surface area contributed by atoms with Gasteiger partial charge in [0.25, 0.3) is 0 Å². The van der Waals surface area contributed by atoms with Gasteiger partial charge in [-0.25, -0.2) is 0 Å². The first-order chi connectivity index (χ1) is 19.2. The van der Waals surface area contributed by atoms with E-state index in [1.807, 2.05) is 12.1 Å². The van der Waals surface area contributed by atoms with Crippen LogP contribution in [0.1, 0.15) is 0 Å². The van der Waals surface area contributed by atoms with E-state index in [0.717, 1.165) is 34.2 Å². The van der Waals surface area contributed by atoms with E-state index in [1.165, 1.54) is 21.9 Å². The minimum atomic E-state index is 0.853. The molecule has 0 amide bonds. The van der Waals surface area contributed by atoms with Crippen LogP contribution in [0, 0.1) is 0 Å². The highest BCUT2D eigenvalue weighted by molar-refractivity contribution is 5.99. The van der Waals surface area contributed by atoms with Crippen LogP contribution in [0.25, 0.3) is 21.9 Å². The molecule has 0 aliphatic carbocycles. The summed E-state index contributed by atoms with van der Waals surface area (Å²) in [6, 6.07) is 51.3. The molecule has 0 aliphatic rings. The Bertz CT molecular complexity index is 1690. The minimum absolute atomic E-state index is 0.853. The molecule has 0 saturated carbocycles. The van der Waals surface area contributed by atoms with Crippen molar-refractivity contribution in [3.05, 3.63) is 146 Å². The number of hydrogen-bond acceptors (Lipinski definition) is 3. The Balaban J connectivity index is 1.44. The van der Waals surface area contributed by atoms with E-state index < -0.39 is 0 Å². The molecular formula is C36H30N2O. The van der Waals surface area contributed by atoms with Gasteiger partial charge in [-0.3, -0.25) is 0 Å². The highest BCUT2D eigenvalue weighted by atomic mass is 16.5. The minimum Gasteiger partial charge on any atom is -0.497 e. The topological polar surface area (TPSA) is 15.7 Å². The lowest BCUT2D eigenvalue weighted by Gasteiger charge is -2.28. The van der Waals surface area contributed by atoms with Gasteiger partial charge in [0, 0.05) is 35.2 Å². The number of fused-ring (bicyclic) bond motifs is 1. The quantitative estimate of drug-likeness (QED) is 0.214. The van der Waals surface area contributed by atoms with Gasteiger partial charge in [-0.1, -0.05) is 78.9 Å². The molecule has 6 aromatic carbocycles. The van der Waals surface area contributed by atoms with Crippen LogP contribution < -0.4 is 14.5 Å². The fraction of sp³-hybridized carbons (Fsp3) is 0.0556. The summed E-state index contributed by atoms with van der Waals surface area (Å²) >= 11 is 0. The summed E-state index contributed by atoms with van der Waals surface area (Å²) < 4.78 is 5.32. The highest BCUT2D eigenvalue weighted by Gasteiger charge is 2.16. The van der Waals surface area contributed by atoms with E-state index in [0.29, 0.717) is 0 Å². The standard InChI is InChI=1S/C36H30N2O/c1-37(31-22-24-34(39-2)25-23-31)30-18-20-32(21-19-30)38(36-17-9-13-28-12-6-7-16-35(28)36)33-15-8-14-29(26-33)27-10-4-3-5-11-27/h3-26H,1-2H3. The van der Waals surface area contributed by atoms with E-state index in [9.17, 15) is 0 Å². The summed E-state index contributed by atoms with van der Waals surface area (Å²) in [4.78, 5) is 4.54. The molecule has 0 spiro atoms. The summed E-state index contributed by atoms with van der Waals surface area (Å²) in [5, 5.41) is 2.43. The summed E-state index contributed by atoms with van der Waals surface area (Å²) in [7, 11) is 3.78. The van der Waals surface area contributed by atoms with Crippen LogP contribution in [-0.4, -0.2) is 14.2 Å². The monoisotopic (exact) mass is 506 g/mol. The van der Waals surface area contributed by atoms with Crippen molar-refractivity contribution in [1.82, 2.24) is 0 Å². The average molecular weight is 507 g/mol. The van der Waals surface area contributed by atoms with Crippen LogP contribution in [0.15, 0.2) is 146 Å². The third-order valence-corrected chi connectivity index (χ3v) is 7.17. The number of hydrogen-bond donors (Lipinski definition) is 0. The molecule has 0 N–H and O–H groups in total. The molecule has 0 unspecified atom stereocenters. The van der Waals surface area contributed by atoms with Crippen LogP contribution >= 0.6 is 0 Å². The Hall–Kier alpha value is -5.02. The Morgan fingerprint density at radius 1 is 0.487 bits per heavy atom. The zero-order chi connectivity index (χ0) is 26.6. The lowest BCUT2D eigenvalue weighted by atomic mass is 10.0. The number of ether oxygens (including phenoxy) is 1. The number of methoxy groups -OCH3 is 1. The first-order valence-corrected chi connectivity index (χ1v) is 13.1. The Kier molecular flexibility index (Phi) is 6.71. The Morgan fingerprint density at radius 2 is 1.08 bits per heavy atom. The number of anilines is 5. The fourth-order valence-corrected chi connectivity index (χ4v) is 5.07. The molecule has 39 heavy (non-hydrogen) atoms. The first-order valence-electron chi connectivity index (χ1n) is 13.1. The normalized spacial score (nSPS) is 10.8. The predicted octanol–water partition coefficient (Wildman–Crippen LogP) is 9.75. The summed E-state index contributed by atoms with van der Waals surface area (Å²) in [6.07, 6.45) is 0. The Morgan fingerprint density at radius 3 is 1.82 bits per heavy atom. The molecule has 0 aliphatic heterocycles. The summed E-state index contributed by atoms with van der Waals surface area (Å²) in [6.45, 7) is 0. The van der Waals surface area contributed by atoms with E-state index in [1.54, 1.807) is 7.11 Å². The van der Waals surface area contributed by atoms with E-state index >= 15 is 0 Å². The van der Waals surface area contributed by atoms with Gasteiger partial charge in [0.15, 0.2) is 0 Å². The SMILES string of the molecule is COc1ccc(N(C)c2ccc(N(c3cccc(-c4ccccc4)c3)c3cccc4ccccc34)cc2)cc1. The van der Waals surface area contributed by atoms with Crippen LogP contribution in [-0.2, 0) is 0 Å². The zero-order valence-electron chi connectivity index (χ0n) is 22.2. The second-order valence-corrected chi connectivity index (χ2v) is 9.52. The summed E-state index contributed by atoms with van der Waals surface area (Å²) in [5.41, 5.74) is 7.97. The molecule has 6 rings (SSSR count). The van der Waals surface area contributed by atoms with Gasteiger partial charge < -0.3 is 14.5 Å². The van der Waals surface area contributed by atoms with Gasteiger partial charge in [-0.15, -0.1) is 0 Å². The molecule has 3 nitrogen and oxygen atoms in total. The molecule has 0 saturated heterocycles. The van der Waals surface area contributed by atoms with Crippen molar-refractivity contribution in [2.75, 3.05) is 24.0 Å². The smallest absolute Gasteiger partial charge is 0.119 e. The van der Waals surface area contributed by atoms with Gasteiger partial charge in [0.05, 0.1) is 12.8 Å². The lowest BCUT2D eigenvalue weighted by Crippen LogP contribution is -2.12.